The van der Waals surface area contributed by atoms with E-state index in [1.54, 1.807) is 6.07 Å². The van der Waals surface area contributed by atoms with Crippen LogP contribution in [0.15, 0.2) is 6.07 Å². The Hall–Kier alpha value is -1.67. The summed E-state index contributed by atoms with van der Waals surface area (Å²) >= 11 is 0. The summed E-state index contributed by atoms with van der Waals surface area (Å²) in [6.07, 6.45) is 5.97. The molecule has 2 atom stereocenters. The molecule has 0 aliphatic carbocycles. The zero-order valence-corrected chi connectivity index (χ0v) is 12.8. The Morgan fingerprint density at radius 2 is 2.05 bits per heavy atom. The van der Waals surface area contributed by atoms with Crippen LogP contribution in [0.3, 0.4) is 0 Å². The first-order valence-corrected chi connectivity index (χ1v) is 7.98. The van der Waals surface area contributed by atoms with Gasteiger partial charge in [0.15, 0.2) is 0 Å². The normalized spacial score (nSPS) is 27.4. The van der Waals surface area contributed by atoms with Gasteiger partial charge in [0.25, 0.3) is 0 Å². The minimum absolute atomic E-state index is 0.468. The maximum atomic E-state index is 9.13. The fourth-order valence-corrected chi connectivity index (χ4v) is 3.71. The number of aryl methyl sites for hydroxylation is 1. The second-order valence-electron chi connectivity index (χ2n) is 6.26. The third-order valence-corrected chi connectivity index (χ3v) is 4.57. The van der Waals surface area contributed by atoms with Crippen molar-refractivity contribution in [1.29, 1.82) is 5.26 Å². The number of rotatable bonds is 4. The molecule has 2 saturated heterocycles. The van der Waals surface area contributed by atoms with Gasteiger partial charge in [-0.2, -0.15) is 5.26 Å². The third kappa shape index (κ3) is 3.01. The number of anilines is 1. The summed E-state index contributed by atoms with van der Waals surface area (Å²) in [5, 5.41) is 12.8. The van der Waals surface area contributed by atoms with Crippen LogP contribution in [-0.2, 0) is 0 Å². The molecule has 3 heterocycles. The maximum absolute atomic E-state index is 9.13. The average molecular weight is 285 g/mol. The SMILES string of the molecule is CCCN(c1nc(C)cc(C#N)n1)C1CC2CCC(C1)N2. The Morgan fingerprint density at radius 3 is 2.67 bits per heavy atom. The van der Waals surface area contributed by atoms with Crippen LogP contribution in [0.4, 0.5) is 5.95 Å². The Morgan fingerprint density at radius 1 is 1.33 bits per heavy atom. The Bertz CT molecular complexity index is 538. The van der Waals surface area contributed by atoms with Gasteiger partial charge in [0, 0.05) is 30.4 Å². The topological polar surface area (TPSA) is 64.8 Å². The number of nitrogens with one attached hydrogen (secondary N) is 1. The van der Waals surface area contributed by atoms with Crippen LogP contribution in [0.25, 0.3) is 0 Å². The van der Waals surface area contributed by atoms with Crippen molar-refractivity contribution in [2.45, 2.75) is 64.1 Å². The van der Waals surface area contributed by atoms with E-state index in [1.165, 1.54) is 12.8 Å². The second-order valence-corrected chi connectivity index (χ2v) is 6.26. The number of hydrogen-bond donors (Lipinski definition) is 1. The van der Waals surface area contributed by atoms with E-state index in [4.69, 9.17) is 5.26 Å². The molecule has 0 amide bonds. The minimum atomic E-state index is 0.468. The van der Waals surface area contributed by atoms with Crippen molar-refractivity contribution >= 4 is 5.95 Å². The zero-order valence-electron chi connectivity index (χ0n) is 12.8. The van der Waals surface area contributed by atoms with Crippen molar-refractivity contribution in [1.82, 2.24) is 15.3 Å². The van der Waals surface area contributed by atoms with Gasteiger partial charge >= 0.3 is 0 Å². The Labute approximate surface area is 126 Å². The molecule has 2 aliphatic rings. The maximum Gasteiger partial charge on any atom is 0.227 e. The molecule has 5 heteroatoms. The largest absolute Gasteiger partial charge is 0.338 e. The predicted octanol–water partition coefficient (Wildman–Crippen LogP) is 2.16. The summed E-state index contributed by atoms with van der Waals surface area (Å²) in [7, 11) is 0. The fourth-order valence-electron chi connectivity index (χ4n) is 3.71. The molecule has 0 radical (unpaired) electrons. The molecule has 2 fully saturated rings. The van der Waals surface area contributed by atoms with Gasteiger partial charge < -0.3 is 10.2 Å². The van der Waals surface area contributed by atoms with Crippen molar-refractivity contribution in [3.8, 4) is 6.07 Å². The molecule has 0 spiro atoms. The van der Waals surface area contributed by atoms with Gasteiger partial charge in [0.05, 0.1) is 0 Å². The third-order valence-electron chi connectivity index (χ3n) is 4.57. The number of nitrogens with zero attached hydrogens (tertiary/aromatic N) is 4. The lowest BCUT2D eigenvalue weighted by atomic mass is 9.98. The smallest absolute Gasteiger partial charge is 0.227 e. The van der Waals surface area contributed by atoms with Gasteiger partial charge in [0.2, 0.25) is 5.95 Å². The van der Waals surface area contributed by atoms with Gasteiger partial charge in [-0.05, 0) is 45.1 Å². The van der Waals surface area contributed by atoms with Crippen LogP contribution in [0, 0.1) is 18.3 Å². The van der Waals surface area contributed by atoms with Crippen LogP contribution < -0.4 is 10.2 Å². The van der Waals surface area contributed by atoms with Crippen molar-refractivity contribution in [2.24, 2.45) is 0 Å². The molecule has 21 heavy (non-hydrogen) atoms. The van der Waals surface area contributed by atoms with Crippen molar-refractivity contribution in [3.63, 3.8) is 0 Å². The standard InChI is InChI=1S/C16H23N5/c1-3-6-21(15-8-12-4-5-13(9-15)19-12)16-18-11(2)7-14(10-17)20-16/h7,12-13,15,19H,3-6,8-9H2,1-2H3. The number of piperidine rings is 1. The highest BCUT2D eigenvalue weighted by Gasteiger charge is 2.36. The highest BCUT2D eigenvalue weighted by Crippen LogP contribution is 2.31. The predicted molar refractivity (Wildman–Crippen MR) is 82.1 cm³/mol. The van der Waals surface area contributed by atoms with Gasteiger partial charge in [-0.25, -0.2) is 9.97 Å². The van der Waals surface area contributed by atoms with E-state index >= 15 is 0 Å². The fraction of sp³-hybridized carbons (Fsp3) is 0.688. The summed E-state index contributed by atoms with van der Waals surface area (Å²) in [5.74, 6) is 0.736. The number of hydrogen-bond acceptors (Lipinski definition) is 5. The van der Waals surface area contributed by atoms with Crippen LogP contribution >= 0.6 is 0 Å². The molecule has 2 unspecified atom stereocenters. The van der Waals surface area contributed by atoms with E-state index in [2.05, 4.69) is 33.2 Å². The van der Waals surface area contributed by atoms with Gasteiger partial charge in [-0.1, -0.05) is 6.92 Å². The van der Waals surface area contributed by atoms with E-state index in [-0.39, 0.29) is 0 Å². The molecule has 3 rings (SSSR count). The van der Waals surface area contributed by atoms with E-state index in [0.29, 0.717) is 23.8 Å². The highest BCUT2D eigenvalue weighted by molar-refractivity contribution is 5.37. The van der Waals surface area contributed by atoms with E-state index in [0.717, 1.165) is 37.4 Å². The van der Waals surface area contributed by atoms with E-state index < -0.39 is 0 Å². The molecule has 2 aliphatic heterocycles. The zero-order chi connectivity index (χ0) is 14.8. The van der Waals surface area contributed by atoms with Crippen molar-refractivity contribution in [3.05, 3.63) is 17.5 Å². The van der Waals surface area contributed by atoms with E-state index in [9.17, 15) is 0 Å². The number of fused-ring (bicyclic) bond motifs is 2. The summed E-state index contributed by atoms with van der Waals surface area (Å²) in [5.41, 5.74) is 1.34. The lowest BCUT2D eigenvalue weighted by Gasteiger charge is -2.37. The summed E-state index contributed by atoms with van der Waals surface area (Å²) in [6, 6.07) is 5.69. The quantitative estimate of drug-likeness (QED) is 0.918. The molecule has 1 N–H and O–H groups in total. The number of aromatic nitrogens is 2. The molecular weight excluding hydrogens is 262 g/mol. The van der Waals surface area contributed by atoms with Crippen LogP contribution in [0.2, 0.25) is 0 Å². The van der Waals surface area contributed by atoms with Crippen LogP contribution in [0.1, 0.15) is 50.4 Å². The number of nitriles is 1. The van der Waals surface area contributed by atoms with E-state index in [1.807, 2.05) is 6.92 Å². The second kappa shape index (κ2) is 5.98. The molecule has 0 aromatic carbocycles. The van der Waals surface area contributed by atoms with Crippen LogP contribution in [-0.4, -0.2) is 34.6 Å². The Kier molecular flexibility index (Phi) is 4.07. The molecule has 1 aromatic heterocycles. The average Bonchev–Trinajstić information content (AvgIpc) is 2.82. The monoisotopic (exact) mass is 285 g/mol. The van der Waals surface area contributed by atoms with Crippen molar-refractivity contribution in [2.75, 3.05) is 11.4 Å². The van der Waals surface area contributed by atoms with Crippen LogP contribution in [0.5, 0.6) is 0 Å². The molecular formula is C16H23N5. The summed E-state index contributed by atoms with van der Waals surface area (Å²) in [6.45, 7) is 5.07. The lowest BCUT2D eigenvalue weighted by Crippen LogP contribution is -2.49. The molecule has 0 saturated carbocycles. The molecule has 1 aromatic rings. The molecule has 2 bridgehead atoms. The first-order valence-electron chi connectivity index (χ1n) is 7.98. The molecule has 5 nitrogen and oxygen atoms in total. The first-order chi connectivity index (χ1) is 10.2. The van der Waals surface area contributed by atoms with Gasteiger partial charge in [0.1, 0.15) is 11.8 Å². The van der Waals surface area contributed by atoms with Gasteiger partial charge in [-0.3, -0.25) is 0 Å². The first kappa shape index (κ1) is 14.3. The summed E-state index contributed by atoms with van der Waals surface area (Å²) in [4.78, 5) is 11.4. The molecule has 112 valence electrons. The lowest BCUT2D eigenvalue weighted by molar-refractivity contribution is 0.344. The Balaban J connectivity index is 1.87. The minimum Gasteiger partial charge on any atom is -0.338 e. The highest BCUT2D eigenvalue weighted by atomic mass is 15.3. The van der Waals surface area contributed by atoms with Crippen molar-refractivity contribution < 1.29 is 0 Å². The van der Waals surface area contributed by atoms with Gasteiger partial charge in [-0.15, -0.1) is 0 Å². The summed E-state index contributed by atoms with van der Waals surface area (Å²) < 4.78 is 0.